The highest BCUT2D eigenvalue weighted by atomic mass is 79.9. The van der Waals surface area contributed by atoms with Gasteiger partial charge in [-0.15, -0.1) is 0 Å². The lowest BCUT2D eigenvalue weighted by Gasteiger charge is -2.33. The van der Waals surface area contributed by atoms with Crippen molar-refractivity contribution in [1.29, 1.82) is 0 Å². The average molecular weight is 1100 g/mol. The van der Waals surface area contributed by atoms with Crippen LogP contribution in [0.15, 0.2) is 127 Å². The summed E-state index contributed by atoms with van der Waals surface area (Å²) in [5.74, 6) is 2.48. The van der Waals surface area contributed by atoms with Gasteiger partial charge >= 0.3 is 7.54 Å². The number of rotatable bonds is 4. The molecule has 0 bridgehead atoms. The van der Waals surface area contributed by atoms with Gasteiger partial charge in [0.15, 0.2) is 17.3 Å². The first-order valence-corrected chi connectivity index (χ1v) is 27.0. The van der Waals surface area contributed by atoms with E-state index in [1.54, 1.807) is 38.1 Å². The SMILES string of the molecule is BrCc1ccccc1CBr.COc1ccc2c(c1)C(=O)C1(CC2)Cc2ccccc2C1.COc1ccc2c(c1)C(=O)CC2.CSC.FB(F)F.O=C1c2cc(O)ccc2CCC12Cc1ccccc1C2. The second-order valence-electron chi connectivity index (χ2n) is 18.0. The second kappa shape index (κ2) is 25.3. The maximum absolute atomic E-state index is 13.1. The molecule has 0 saturated heterocycles. The van der Waals surface area contributed by atoms with E-state index < -0.39 is 7.54 Å². The predicted molar refractivity (Wildman–Crippen MR) is 285 cm³/mol. The van der Waals surface area contributed by atoms with Crippen LogP contribution in [0.5, 0.6) is 17.2 Å². The Morgan fingerprint density at radius 1 is 0.529 bits per heavy atom. The van der Waals surface area contributed by atoms with Crippen LogP contribution >= 0.6 is 43.6 Å². The number of alkyl halides is 2. The number of halogens is 5. The standard InChI is InChI=1S/C19H18O2.C18H16O2.C10H10O2.C8H8Br2.C2H6S.BF3/c1-21-16-7-6-13-8-9-19(18(20)17(13)10-16)11-14-4-2-3-5-15(14)12-19;19-15-6-5-12-7-8-18(17(20)16(12)9-15)10-13-3-1-2-4-14(13)11-18;1-12-8-4-2-7-3-5-10(11)9(7)6-8;9-5-7-3-1-2-4-8(7)6-10;1-3-2;2-1(3)4/h2-7,10H,8-9,11-12H2,1H3;1-6,9,19H,7-8,10-11H2;2,4,6H,3,5H2,1H3;1-4H,5-6H2;1-2H3;. The van der Waals surface area contributed by atoms with Crippen molar-refractivity contribution in [3.8, 4) is 17.2 Å². The Bertz CT molecular complexity index is 2710. The lowest BCUT2D eigenvalue weighted by Crippen LogP contribution is -2.36. The van der Waals surface area contributed by atoms with Gasteiger partial charge in [0.1, 0.15) is 17.2 Å². The van der Waals surface area contributed by atoms with Gasteiger partial charge in [-0.2, -0.15) is 11.8 Å². The van der Waals surface area contributed by atoms with E-state index in [4.69, 9.17) is 9.47 Å². The van der Waals surface area contributed by atoms with Crippen LogP contribution in [0.3, 0.4) is 0 Å². The molecule has 70 heavy (non-hydrogen) atoms. The van der Waals surface area contributed by atoms with Crippen LogP contribution in [0.2, 0.25) is 0 Å². The van der Waals surface area contributed by atoms with Gasteiger partial charge in [0.25, 0.3) is 0 Å². The van der Waals surface area contributed by atoms with Crippen molar-refractivity contribution in [2.75, 3.05) is 26.7 Å². The minimum absolute atomic E-state index is 0.185. The summed E-state index contributed by atoms with van der Waals surface area (Å²) in [4.78, 5) is 37.4. The van der Waals surface area contributed by atoms with Crippen molar-refractivity contribution in [1.82, 2.24) is 0 Å². The summed E-state index contributed by atoms with van der Waals surface area (Å²) in [7, 11) is -0.405. The fraction of sp³-hybridized carbons (Fsp3) is 0.316. The quantitative estimate of drug-likeness (QED) is 0.139. The third-order valence-corrected chi connectivity index (χ3v) is 14.8. The fourth-order valence-electron chi connectivity index (χ4n) is 10.1. The van der Waals surface area contributed by atoms with Gasteiger partial charge in [-0.1, -0.05) is 123 Å². The number of thioether (sulfide) groups is 1. The first-order valence-electron chi connectivity index (χ1n) is 23.2. The molecular weight excluding hydrogens is 1040 g/mol. The molecule has 0 heterocycles. The van der Waals surface area contributed by atoms with E-state index in [2.05, 4.69) is 92.5 Å². The highest BCUT2D eigenvalue weighted by molar-refractivity contribution is 9.09. The van der Waals surface area contributed by atoms with Crippen molar-refractivity contribution in [2.24, 2.45) is 10.8 Å². The number of fused-ring (bicyclic) bond motifs is 5. The summed E-state index contributed by atoms with van der Waals surface area (Å²) in [5.41, 5.74) is 13.4. The molecule has 13 heteroatoms. The van der Waals surface area contributed by atoms with Gasteiger partial charge in [0.2, 0.25) is 0 Å². The van der Waals surface area contributed by atoms with E-state index in [1.807, 2.05) is 67.1 Å². The highest BCUT2D eigenvalue weighted by Crippen LogP contribution is 2.48. The van der Waals surface area contributed by atoms with Crippen LogP contribution in [0, 0.1) is 10.8 Å². The molecule has 0 fully saturated rings. The average Bonchev–Trinajstić information content (AvgIpc) is 4.07. The highest BCUT2D eigenvalue weighted by Gasteiger charge is 2.47. The molecule has 1 N–H and O–H groups in total. The minimum Gasteiger partial charge on any atom is -0.508 e. The van der Waals surface area contributed by atoms with Crippen LogP contribution in [0.25, 0.3) is 0 Å². The Hall–Kier alpha value is -5.11. The van der Waals surface area contributed by atoms with E-state index in [1.165, 1.54) is 38.9 Å². The molecule has 5 aliphatic carbocycles. The third-order valence-electron chi connectivity index (χ3n) is 13.6. The summed E-state index contributed by atoms with van der Waals surface area (Å²) in [6.45, 7) is 0. The molecule has 6 aromatic rings. The largest absolute Gasteiger partial charge is 0.762 e. The zero-order valence-electron chi connectivity index (χ0n) is 40.0. The van der Waals surface area contributed by atoms with Gasteiger partial charge in [0.05, 0.1) is 14.2 Å². The molecule has 2 spiro atoms. The van der Waals surface area contributed by atoms with Crippen LogP contribution in [0.1, 0.15) is 100 Å². The van der Waals surface area contributed by atoms with E-state index in [0.717, 1.165) is 108 Å². The molecule has 0 atom stereocenters. The Balaban J connectivity index is 0.000000152. The Morgan fingerprint density at radius 2 is 0.886 bits per heavy atom. The molecule has 0 radical (unpaired) electrons. The monoisotopic (exact) mass is 1100 g/mol. The first kappa shape index (κ1) is 54.2. The maximum Gasteiger partial charge on any atom is 0.762 e. The van der Waals surface area contributed by atoms with Crippen molar-refractivity contribution >= 4 is 68.5 Å². The van der Waals surface area contributed by atoms with Crippen LogP contribution in [-0.4, -0.2) is 56.7 Å². The summed E-state index contributed by atoms with van der Waals surface area (Å²) in [5, 5.41) is 11.5. The zero-order valence-corrected chi connectivity index (χ0v) is 44.0. The molecule has 0 amide bonds. The summed E-state index contributed by atoms with van der Waals surface area (Å²) in [6.07, 6.45) is 12.9. The van der Waals surface area contributed by atoms with Crippen molar-refractivity contribution in [2.45, 2.75) is 74.9 Å². The van der Waals surface area contributed by atoms with Gasteiger partial charge in [-0.25, -0.2) is 0 Å². The number of ketones is 3. The van der Waals surface area contributed by atoms with Crippen LogP contribution in [0.4, 0.5) is 12.9 Å². The topological polar surface area (TPSA) is 89.9 Å². The normalized spacial score (nSPS) is 15.5. The number of carbonyl (C=O) groups is 3. The summed E-state index contributed by atoms with van der Waals surface area (Å²) in [6, 6.07) is 42.0. The van der Waals surface area contributed by atoms with E-state index >= 15 is 0 Å². The Kier molecular flexibility index (Phi) is 19.6. The number of methoxy groups -OCH3 is 2. The van der Waals surface area contributed by atoms with Crippen molar-refractivity contribution in [3.63, 3.8) is 0 Å². The summed E-state index contributed by atoms with van der Waals surface area (Å²) < 4.78 is 39.3. The Morgan fingerprint density at radius 3 is 1.29 bits per heavy atom. The van der Waals surface area contributed by atoms with Crippen LogP contribution in [-0.2, 0) is 55.6 Å². The molecule has 0 saturated carbocycles. The van der Waals surface area contributed by atoms with E-state index in [-0.39, 0.29) is 28.1 Å². The number of ether oxygens (including phenoxy) is 2. The van der Waals surface area contributed by atoms with Crippen molar-refractivity contribution in [3.05, 3.63) is 194 Å². The third kappa shape index (κ3) is 13.0. The van der Waals surface area contributed by atoms with Crippen LogP contribution < -0.4 is 9.47 Å². The summed E-state index contributed by atoms with van der Waals surface area (Å²) >= 11 is 8.61. The lowest BCUT2D eigenvalue weighted by molar-refractivity contribution is 0.0764. The molecular formula is C57H58BBr2F3O6S. The van der Waals surface area contributed by atoms with E-state index in [9.17, 15) is 32.4 Å². The van der Waals surface area contributed by atoms with Gasteiger partial charge < -0.3 is 14.6 Å². The second-order valence-corrected chi connectivity index (χ2v) is 19.9. The lowest BCUT2D eigenvalue weighted by atomic mass is 9.68. The number of hydrogen-bond donors (Lipinski definition) is 1. The molecule has 0 unspecified atom stereocenters. The molecule has 5 aliphatic rings. The zero-order chi connectivity index (χ0) is 50.4. The Labute approximate surface area is 431 Å². The number of phenols is 1. The fourth-order valence-corrected chi connectivity index (χ4v) is 11.2. The number of aromatic hydroxyl groups is 1. The van der Waals surface area contributed by atoms with E-state index in [0.29, 0.717) is 12.2 Å². The first-order chi connectivity index (χ1) is 33.7. The molecule has 6 nitrogen and oxygen atoms in total. The minimum atomic E-state index is -3.67. The maximum atomic E-state index is 13.1. The number of Topliss-reactive ketones (excluding diaryl/α,β-unsaturated/α-hetero) is 3. The number of carbonyl (C=O) groups excluding carboxylic acids is 3. The number of phenolic OH excluding ortho intramolecular Hbond substituents is 1. The molecule has 11 rings (SSSR count). The van der Waals surface area contributed by atoms with Crippen molar-refractivity contribution < 1.29 is 41.9 Å². The van der Waals surface area contributed by atoms with Gasteiger partial charge in [0, 0.05) is 44.6 Å². The molecule has 366 valence electrons. The number of hydrogen-bond acceptors (Lipinski definition) is 7. The smallest absolute Gasteiger partial charge is 0.508 e. The molecule has 6 aromatic carbocycles. The predicted octanol–water partition coefficient (Wildman–Crippen LogP) is 14.1. The molecule has 0 aromatic heterocycles. The number of benzene rings is 6. The van der Waals surface area contributed by atoms with Gasteiger partial charge in [-0.3, -0.25) is 27.3 Å². The van der Waals surface area contributed by atoms with Gasteiger partial charge in [-0.05, 0) is 157 Å². The number of aryl methyl sites for hydroxylation is 3. The molecule has 0 aliphatic heterocycles.